The maximum atomic E-state index is 12.0. The predicted molar refractivity (Wildman–Crippen MR) is 76.6 cm³/mol. The Labute approximate surface area is 119 Å². The summed E-state index contributed by atoms with van der Waals surface area (Å²) in [6, 6.07) is 4.56. The number of halogens is 1. The van der Waals surface area contributed by atoms with E-state index in [4.69, 9.17) is 22.1 Å². The number of anilines is 1. The van der Waals surface area contributed by atoms with Gasteiger partial charge in [-0.2, -0.15) is 0 Å². The molecule has 1 rings (SSSR count). The van der Waals surface area contributed by atoms with Crippen molar-refractivity contribution in [2.45, 2.75) is 17.9 Å². The molecule has 2 unspecified atom stereocenters. The lowest BCUT2D eigenvalue weighted by Gasteiger charge is -2.12. The summed E-state index contributed by atoms with van der Waals surface area (Å²) < 4.78 is 16.9. The molecule has 1 aromatic rings. The van der Waals surface area contributed by atoms with Crippen LogP contribution in [0.25, 0.3) is 0 Å². The highest BCUT2D eigenvalue weighted by molar-refractivity contribution is 7.85. The van der Waals surface area contributed by atoms with Crippen LogP contribution in [-0.2, 0) is 20.3 Å². The van der Waals surface area contributed by atoms with Crippen LogP contribution in [0.1, 0.15) is 6.92 Å². The van der Waals surface area contributed by atoms with Gasteiger partial charge in [-0.3, -0.25) is 9.00 Å². The molecule has 0 fully saturated rings. The van der Waals surface area contributed by atoms with Gasteiger partial charge in [0.2, 0.25) is 5.91 Å². The molecule has 3 N–H and O–H groups in total. The number of nitrogen functional groups attached to an aromatic ring is 1. The van der Waals surface area contributed by atoms with E-state index in [2.05, 4.69) is 5.32 Å². The number of carbonyl (C=O) groups is 1. The zero-order valence-corrected chi connectivity index (χ0v) is 12.4. The Bertz CT molecular complexity index is 482. The molecule has 0 aliphatic heterocycles. The molecule has 0 aliphatic rings. The molecule has 0 aliphatic carbocycles. The number of hydrogen-bond acceptors (Lipinski definition) is 4. The second kappa shape index (κ2) is 7.47. The van der Waals surface area contributed by atoms with E-state index in [-0.39, 0.29) is 17.7 Å². The molecule has 5 nitrogen and oxygen atoms in total. The summed E-state index contributed by atoms with van der Waals surface area (Å²) in [5.41, 5.74) is 6.04. The molecule has 0 saturated carbocycles. The third-order valence-electron chi connectivity index (χ3n) is 2.29. The first kappa shape index (κ1) is 15.9. The van der Waals surface area contributed by atoms with Crippen LogP contribution in [0.3, 0.4) is 0 Å². The van der Waals surface area contributed by atoms with Crippen molar-refractivity contribution in [2.24, 2.45) is 0 Å². The Hall–Kier alpha value is -1.11. The minimum absolute atomic E-state index is 0.128. The first-order valence-electron chi connectivity index (χ1n) is 5.65. The topological polar surface area (TPSA) is 81.4 Å². The summed E-state index contributed by atoms with van der Waals surface area (Å²) in [4.78, 5) is 12.1. The first-order chi connectivity index (χ1) is 8.93. The molecular formula is C12H17ClN2O3S. The van der Waals surface area contributed by atoms with E-state index in [9.17, 15) is 9.00 Å². The summed E-state index contributed by atoms with van der Waals surface area (Å²) >= 11 is 5.94. The highest BCUT2D eigenvalue weighted by Gasteiger charge is 2.15. The lowest BCUT2D eigenvalue weighted by molar-refractivity contribution is -0.119. The lowest BCUT2D eigenvalue weighted by atomic mass is 10.3. The fraction of sp³-hybridized carbons (Fsp3) is 0.417. The van der Waals surface area contributed by atoms with E-state index in [1.807, 2.05) is 0 Å². The summed E-state index contributed by atoms with van der Waals surface area (Å²) in [7, 11) is 0.0565. The fourth-order valence-electron chi connectivity index (χ4n) is 1.51. The molecule has 0 heterocycles. The van der Waals surface area contributed by atoms with E-state index in [1.54, 1.807) is 26.2 Å². The largest absolute Gasteiger partial charge is 0.399 e. The standard InChI is InChI=1S/C12H17ClN2O3S/c1-8(6-18-2)15-12(16)7-19(17)11-4-3-9(14)5-10(11)13/h3-5,8H,6-7,14H2,1-2H3,(H,15,16). The van der Waals surface area contributed by atoms with Gasteiger partial charge in [0.25, 0.3) is 0 Å². The maximum absolute atomic E-state index is 12.0. The van der Waals surface area contributed by atoms with Crippen LogP contribution in [0.15, 0.2) is 23.1 Å². The molecule has 0 bridgehead atoms. The van der Waals surface area contributed by atoms with Gasteiger partial charge in [-0.05, 0) is 25.1 Å². The number of nitrogens with two attached hydrogens (primary N) is 1. The highest BCUT2D eigenvalue weighted by atomic mass is 35.5. The molecule has 19 heavy (non-hydrogen) atoms. The minimum Gasteiger partial charge on any atom is -0.399 e. The van der Waals surface area contributed by atoms with Crippen molar-refractivity contribution in [3.63, 3.8) is 0 Å². The second-order valence-corrected chi connectivity index (χ2v) is 5.93. The number of hydrogen-bond donors (Lipinski definition) is 2. The van der Waals surface area contributed by atoms with Crippen molar-refractivity contribution >= 4 is 34.0 Å². The van der Waals surface area contributed by atoms with E-state index < -0.39 is 10.8 Å². The Morgan fingerprint density at radius 2 is 2.26 bits per heavy atom. The number of carbonyl (C=O) groups excluding carboxylic acids is 1. The Morgan fingerprint density at radius 3 is 2.84 bits per heavy atom. The number of methoxy groups -OCH3 is 1. The van der Waals surface area contributed by atoms with Crippen molar-refractivity contribution < 1.29 is 13.7 Å². The molecule has 106 valence electrons. The van der Waals surface area contributed by atoms with Gasteiger partial charge < -0.3 is 15.8 Å². The van der Waals surface area contributed by atoms with E-state index in [0.29, 0.717) is 22.2 Å². The minimum atomic E-state index is -1.49. The molecule has 2 atom stereocenters. The summed E-state index contributed by atoms with van der Waals surface area (Å²) in [6.45, 7) is 2.21. The summed E-state index contributed by atoms with van der Waals surface area (Å²) in [6.07, 6.45) is 0. The summed E-state index contributed by atoms with van der Waals surface area (Å²) in [5, 5.41) is 2.99. The lowest BCUT2D eigenvalue weighted by Crippen LogP contribution is -2.38. The monoisotopic (exact) mass is 304 g/mol. The maximum Gasteiger partial charge on any atom is 0.233 e. The number of nitrogens with one attached hydrogen (secondary N) is 1. The third kappa shape index (κ3) is 5.18. The van der Waals surface area contributed by atoms with Gasteiger partial charge in [0.05, 0.1) is 27.3 Å². The smallest absolute Gasteiger partial charge is 0.233 e. The van der Waals surface area contributed by atoms with Crippen LogP contribution in [0.5, 0.6) is 0 Å². The highest BCUT2D eigenvalue weighted by Crippen LogP contribution is 2.22. The molecule has 0 radical (unpaired) electrons. The van der Waals surface area contributed by atoms with Crippen molar-refractivity contribution in [3.05, 3.63) is 23.2 Å². The molecule has 0 saturated heterocycles. The molecule has 0 aromatic heterocycles. The number of amides is 1. The average Bonchev–Trinajstić information content (AvgIpc) is 2.28. The van der Waals surface area contributed by atoms with E-state index >= 15 is 0 Å². The van der Waals surface area contributed by atoms with Gasteiger partial charge in [0, 0.05) is 18.8 Å². The Balaban J connectivity index is 2.62. The molecule has 7 heteroatoms. The van der Waals surface area contributed by atoms with Gasteiger partial charge in [-0.1, -0.05) is 11.6 Å². The normalized spacial score (nSPS) is 13.8. The second-order valence-electron chi connectivity index (χ2n) is 4.10. The predicted octanol–water partition coefficient (Wildman–Crippen LogP) is 1.18. The van der Waals surface area contributed by atoms with Crippen LogP contribution in [-0.4, -0.2) is 35.6 Å². The zero-order chi connectivity index (χ0) is 14.4. The van der Waals surface area contributed by atoms with Crippen molar-refractivity contribution in [2.75, 3.05) is 25.2 Å². The Morgan fingerprint density at radius 1 is 1.58 bits per heavy atom. The fourth-order valence-corrected chi connectivity index (χ4v) is 2.93. The first-order valence-corrected chi connectivity index (χ1v) is 7.35. The Kier molecular flexibility index (Phi) is 6.27. The summed E-state index contributed by atoms with van der Waals surface area (Å²) in [5.74, 6) is -0.451. The number of ether oxygens (including phenoxy) is 1. The van der Waals surface area contributed by atoms with Gasteiger partial charge in [0.1, 0.15) is 5.75 Å². The van der Waals surface area contributed by atoms with Crippen LogP contribution in [0, 0.1) is 0 Å². The van der Waals surface area contributed by atoms with Gasteiger partial charge >= 0.3 is 0 Å². The van der Waals surface area contributed by atoms with Crippen LogP contribution in [0.4, 0.5) is 5.69 Å². The van der Waals surface area contributed by atoms with Crippen LogP contribution in [0.2, 0.25) is 5.02 Å². The van der Waals surface area contributed by atoms with Crippen molar-refractivity contribution in [3.8, 4) is 0 Å². The average molecular weight is 305 g/mol. The van der Waals surface area contributed by atoms with Gasteiger partial charge in [-0.25, -0.2) is 0 Å². The van der Waals surface area contributed by atoms with Crippen LogP contribution >= 0.6 is 11.6 Å². The zero-order valence-electron chi connectivity index (χ0n) is 10.8. The third-order valence-corrected chi connectivity index (χ3v) is 4.08. The van der Waals surface area contributed by atoms with E-state index in [1.165, 1.54) is 6.07 Å². The number of benzene rings is 1. The van der Waals surface area contributed by atoms with E-state index in [0.717, 1.165) is 0 Å². The van der Waals surface area contributed by atoms with Crippen molar-refractivity contribution in [1.82, 2.24) is 5.32 Å². The molecule has 0 spiro atoms. The quantitative estimate of drug-likeness (QED) is 0.773. The number of rotatable bonds is 6. The van der Waals surface area contributed by atoms with Crippen molar-refractivity contribution in [1.29, 1.82) is 0 Å². The SMILES string of the molecule is COCC(C)NC(=O)CS(=O)c1ccc(N)cc1Cl. The van der Waals surface area contributed by atoms with Gasteiger partial charge in [0.15, 0.2) is 0 Å². The van der Waals surface area contributed by atoms with Crippen LogP contribution < -0.4 is 11.1 Å². The molecular weight excluding hydrogens is 288 g/mol. The molecule has 1 aromatic carbocycles. The molecule has 1 amide bonds. The van der Waals surface area contributed by atoms with Gasteiger partial charge in [-0.15, -0.1) is 0 Å².